The molecule has 1 heterocycles. The highest BCUT2D eigenvalue weighted by molar-refractivity contribution is 7.09. The molecule has 1 saturated carbocycles. The second-order valence-electron chi connectivity index (χ2n) is 4.93. The second kappa shape index (κ2) is 5.14. The minimum absolute atomic E-state index is 0.0943. The summed E-state index contributed by atoms with van der Waals surface area (Å²) < 4.78 is 0. The van der Waals surface area contributed by atoms with Gasteiger partial charge in [0.25, 0.3) is 0 Å². The van der Waals surface area contributed by atoms with E-state index < -0.39 is 6.04 Å². The van der Waals surface area contributed by atoms with Crippen molar-refractivity contribution in [3.8, 4) is 0 Å². The molecule has 1 fully saturated rings. The number of nitrogens with zero attached hydrogens (tertiary/aromatic N) is 1. The number of amides is 1. The van der Waals surface area contributed by atoms with Crippen LogP contribution < -0.4 is 11.1 Å². The molecule has 1 atom stereocenters. The highest BCUT2D eigenvalue weighted by Gasteiger charge is 2.26. The van der Waals surface area contributed by atoms with Gasteiger partial charge in [-0.1, -0.05) is 13.8 Å². The van der Waals surface area contributed by atoms with Gasteiger partial charge in [0.05, 0.1) is 18.3 Å². The van der Waals surface area contributed by atoms with Crippen molar-refractivity contribution < 1.29 is 4.79 Å². The van der Waals surface area contributed by atoms with Crippen LogP contribution in [0.2, 0.25) is 0 Å². The van der Waals surface area contributed by atoms with Crippen molar-refractivity contribution in [3.63, 3.8) is 0 Å². The molecule has 0 spiro atoms. The Morgan fingerprint density at radius 1 is 1.65 bits per heavy atom. The molecule has 94 valence electrons. The van der Waals surface area contributed by atoms with Crippen LogP contribution in [0.25, 0.3) is 0 Å². The Hall–Kier alpha value is -0.940. The van der Waals surface area contributed by atoms with E-state index in [2.05, 4.69) is 15.7 Å². The Labute approximate surface area is 106 Å². The molecule has 1 aliphatic carbocycles. The van der Waals surface area contributed by atoms with E-state index in [1.165, 1.54) is 18.5 Å². The maximum Gasteiger partial charge on any atom is 0.237 e. The number of hydrogen-bond acceptors (Lipinski definition) is 4. The average Bonchev–Trinajstić information content (AvgIpc) is 3.05. The fraction of sp³-hybridized carbons (Fsp3) is 0.667. The van der Waals surface area contributed by atoms with Gasteiger partial charge in [0.2, 0.25) is 5.91 Å². The van der Waals surface area contributed by atoms with Gasteiger partial charge in [0, 0.05) is 11.3 Å². The van der Waals surface area contributed by atoms with E-state index in [0.29, 0.717) is 12.5 Å². The van der Waals surface area contributed by atoms with Crippen LogP contribution in [-0.4, -0.2) is 16.9 Å². The number of nitrogens with one attached hydrogen (secondary N) is 1. The maximum absolute atomic E-state index is 11.7. The van der Waals surface area contributed by atoms with Gasteiger partial charge in [-0.25, -0.2) is 4.98 Å². The molecule has 2 rings (SSSR count). The molecule has 0 saturated heterocycles. The lowest BCUT2D eigenvalue weighted by Crippen LogP contribution is -2.43. The highest BCUT2D eigenvalue weighted by Crippen LogP contribution is 2.40. The van der Waals surface area contributed by atoms with E-state index in [0.717, 1.165) is 5.01 Å². The molecule has 1 aliphatic rings. The van der Waals surface area contributed by atoms with Crippen molar-refractivity contribution in [1.82, 2.24) is 10.3 Å². The van der Waals surface area contributed by atoms with Crippen LogP contribution in [0, 0.1) is 5.92 Å². The van der Waals surface area contributed by atoms with Crippen LogP contribution in [-0.2, 0) is 11.3 Å². The van der Waals surface area contributed by atoms with E-state index >= 15 is 0 Å². The Balaban J connectivity index is 1.82. The number of carbonyl (C=O) groups is 1. The van der Waals surface area contributed by atoms with E-state index in [1.54, 1.807) is 11.3 Å². The minimum atomic E-state index is -0.433. The van der Waals surface area contributed by atoms with E-state index in [-0.39, 0.29) is 11.8 Å². The molecule has 1 aromatic heterocycles. The van der Waals surface area contributed by atoms with Gasteiger partial charge in [-0.2, -0.15) is 0 Å². The summed E-state index contributed by atoms with van der Waals surface area (Å²) in [6.07, 6.45) is 2.52. The maximum atomic E-state index is 11.7. The van der Waals surface area contributed by atoms with Gasteiger partial charge in [-0.3, -0.25) is 4.79 Å². The summed E-state index contributed by atoms with van der Waals surface area (Å²) in [4.78, 5) is 16.2. The van der Waals surface area contributed by atoms with Gasteiger partial charge in [-0.05, 0) is 18.8 Å². The number of aromatic nitrogens is 1. The number of thiazole rings is 1. The summed E-state index contributed by atoms with van der Waals surface area (Å²) in [6, 6.07) is -0.433. The van der Waals surface area contributed by atoms with Crippen molar-refractivity contribution >= 4 is 17.2 Å². The molecule has 1 aromatic rings. The minimum Gasteiger partial charge on any atom is -0.348 e. The zero-order valence-corrected chi connectivity index (χ0v) is 11.1. The quantitative estimate of drug-likeness (QED) is 0.838. The molecule has 0 aromatic carbocycles. The summed E-state index contributed by atoms with van der Waals surface area (Å²) in [5.74, 6) is 0.741. The van der Waals surface area contributed by atoms with E-state index in [1.807, 2.05) is 13.8 Å². The first kappa shape index (κ1) is 12.5. The third-order valence-electron chi connectivity index (χ3n) is 3.00. The van der Waals surface area contributed by atoms with Crippen LogP contribution >= 0.6 is 11.3 Å². The van der Waals surface area contributed by atoms with Gasteiger partial charge in [-0.15, -0.1) is 11.3 Å². The molecule has 17 heavy (non-hydrogen) atoms. The van der Waals surface area contributed by atoms with Gasteiger partial charge in [0.15, 0.2) is 0 Å². The first-order valence-corrected chi connectivity index (χ1v) is 6.93. The summed E-state index contributed by atoms with van der Waals surface area (Å²) in [5.41, 5.74) is 6.95. The molecule has 0 unspecified atom stereocenters. The van der Waals surface area contributed by atoms with Crippen LogP contribution in [0.5, 0.6) is 0 Å². The Morgan fingerprint density at radius 2 is 2.35 bits per heavy atom. The topological polar surface area (TPSA) is 68.0 Å². The van der Waals surface area contributed by atoms with Crippen LogP contribution in [0.3, 0.4) is 0 Å². The van der Waals surface area contributed by atoms with Gasteiger partial charge in [0.1, 0.15) is 5.01 Å². The van der Waals surface area contributed by atoms with E-state index in [9.17, 15) is 4.79 Å². The molecule has 0 bridgehead atoms. The second-order valence-corrected chi connectivity index (χ2v) is 5.87. The smallest absolute Gasteiger partial charge is 0.237 e. The molecule has 0 radical (unpaired) electrons. The third-order valence-corrected chi connectivity index (χ3v) is 3.87. The summed E-state index contributed by atoms with van der Waals surface area (Å²) in [6.45, 7) is 4.38. The van der Waals surface area contributed by atoms with Crippen molar-refractivity contribution in [3.05, 3.63) is 16.1 Å². The highest BCUT2D eigenvalue weighted by atomic mass is 32.1. The normalized spacial score (nSPS) is 17.2. The summed E-state index contributed by atoms with van der Waals surface area (Å²) in [5, 5.41) is 5.90. The van der Waals surface area contributed by atoms with Crippen molar-refractivity contribution in [2.24, 2.45) is 11.7 Å². The average molecular weight is 253 g/mol. The lowest BCUT2D eigenvalue weighted by molar-refractivity contribution is -0.123. The Morgan fingerprint density at radius 3 is 2.94 bits per heavy atom. The Bertz CT molecular complexity index is 398. The lowest BCUT2D eigenvalue weighted by atomic mass is 10.1. The molecule has 3 N–H and O–H groups in total. The third kappa shape index (κ3) is 3.26. The summed E-state index contributed by atoms with van der Waals surface area (Å²) >= 11 is 1.61. The molecular weight excluding hydrogens is 234 g/mol. The predicted molar refractivity (Wildman–Crippen MR) is 68.7 cm³/mol. The molecule has 5 heteroatoms. The van der Waals surface area contributed by atoms with Gasteiger partial charge < -0.3 is 11.1 Å². The number of rotatable bonds is 5. The van der Waals surface area contributed by atoms with Crippen LogP contribution in [0.15, 0.2) is 5.38 Å². The fourth-order valence-corrected chi connectivity index (χ4v) is 2.37. The number of carbonyl (C=O) groups excluding carboxylic acids is 1. The zero-order chi connectivity index (χ0) is 12.4. The monoisotopic (exact) mass is 253 g/mol. The number of nitrogens with two attached hydrogens (primary N) is 1. The standard InChI is InChI=1S/C12H19N3OS/c1-7(2)11(13)12(16)14-5-10-15-9(6-17-10)8-3-4-8/h6-8,11H,3-5,13H2,1-2H3,(H,14,16)/t11-/m0/s1. The SMILES string of the molecule is CC(C)[C@H](N)C(=O)NCc1nc(C2CC2)cs1. The molecule has 1 amide bonds. The van der Waals surface area contributed by atoms with Gasteiger partial charge >= 0.3 is 0 Å². The molecule has 0 aliphatic heterocycles. The number of hydrogen-bond donors (Lipinski definition) is 2. The zero-order valence-electron chi connectivity index (χ0n) is 10.3. The van der Waals surface area contributed by atoms with Crippen LogP contribution in [0.4, 0.5) is 0 Å². The first-order valence-electron chi connectivity index (χ1n) is 6.05. The van der Waals surface area contributed by atoms with E-state index in [4.69, 9.17) is 5.73 Å². The van der Waals surface area contributed by atoms with Crippen molar-refractivity contribution in [2.75, 3.05) is 0 Å². The summed E-state index contributed by atoms with van der Waals surface area (Å²) in [7, 11) is 0. The van der Waals surface area contributed by atoms with Crippen molar-refractivity contribution in [2.45, 2.75) is 45.2 Å². The van der Waals surface area contributed by atoms with Crippen LogP contribution in [0.1, 0.15) is 43.3 Å². The lowest BCUT2D eigenvalue weighted by Gasteiger charge is -2.14. The first-order chi connectivity index (χ1) is 8.08. The largest absolute Gasteiger partial charge is 0.348 e. The predicted octanol–water partition coefficient (Wildman–Crippen LogP) is 1.62. The van der Waals surface area contributed by atoms with Crippen molar-refractivity contribution in [1.29, 1.82) is 0 Å². The molecule has 4 nitrogen and oxygen atoms in total. The molecular formula is C12H19N3OS. The Kier molecular flexibility index (Phi) is 3.79. The fourth-order valence-electron chi connectivity index (χ4n) is 1.56.